The predicted molar refractivity (Wildman–Crippen MR) is 89.3 cm³/mol. The minimum absolute atomic E-state index is 1.01. The molecule has 1 aromatic carbocycles. The lowest BCUT2D eigenvalue weighted by Gasteiger charge is -2.12. The fourth-order valence-corrected chi connectivity index (χ4v) is 2.48. The first kappa shape index (κ1) is 16.8. The average molecular weight is 274 g/mol. The minimum Gasteiger partial charge on any atom is -0.496 e. The van der Waals surface area contributed by atoms with Gasteiger partial charge in [0.2, 0.25) is 0 Å². The standard InChI is InChI=1S/C19H30O/c1-4-6-8-10-14-17(13-9-7-5-2)18-15-11-12-16-19(18)20-3/h11-13,15-16H,4-10,14H2,1-3H3/b17-13-. The predicted octanol–water partition coefficient (Wildman–Crippen LogP) is 6.24. The molecule has 0 unspecified atom stereocenters. The van der Waals surface area contributed by atoms with Crippen molar-refractivity contribution in [3.8, 4) is 5.75 Å². The van der Waals surface area contributed by atoms with E-state index >= 15 is 0 Å². The molecule has 0 aliphatic heterocycles. The molecule has 112 valence electrons. The number of allylic oxidation sites excluding steroid dienone is 2. The molecule has 0 amide bonds. The van der Waals surface area contributed by atoms with E-state index in [0.717, 1.165) is 5.75 Å². The number of hydrogen-bond acceptors (Lipinski definition) is 1. The SMILES string of the molecule is CCCC/C=C(/CCCCCC)c1ccccc1OC. The maximum Gasteiger partial charge on any atom is 0.126 e. The van der Waals surface area contributed by atoms with Crippen molar-refractivity contribution in [1.29, 1.82) is 0 Å². The van der Waals surface area contributed by atoms with E-state index in [1.54, 1.807) is 7.11 Å². The minimum atomic E-state index is 1.01. The summed E-state index contributed by atoms with van der Waals surface area (Å²) < 4.78 is 5.52. The molecule has 0 saturated carbocycles. The summed E-state index contributed by atoms with van der Waals surface area (Å²) in [6.07, 6.45) is 12.5. The Morgan fingerprint density at radius 3 is 2.45 bits per heavy atom. The van der Waals surface area contributed by atoms with Gasteiger partial charge in [0, 0.05) is 5.56 Å². The molecule has 0 aliphatic rings. The molecule has 0 radical (unpaired) electrons. The zero-order chi connectivity index (χ0) is 14.6. The number of hydrogen-bond donors (Lipinski definition) is 0. The molecule has 0 N–H and O–H groups in total. The first-order valence-corrected chi connectivity index (χ1v) is 8.15. The third-order valence-corrected chi connectivity index (χ3v) is 3.70. The van der Waals surface area contributed by atoms with E-state index < -0.39 is 0 Å². The molecule has 1 aromatic rings. The topological polar surface area (TPSA) is 9.23 Å². The second kappa shape index (κ2) is 10.5. The van der Waals surface area contributed by atoms with Gasteiger partial charge in [0.1, 0.15) is 5.75 Å². The van der Waals surface area contributed by atoms with Gasteiger partial charge >= 0.3 is 0 Å². The van der Waals surface area contributed by atoms with Crippen LogP contribution >= 0.6 is 0 Å². The molecular formula is C19H30O. The molecular weight excluding hydrogens is 244 g/mol. The highest BCUT2D eigenvalue weighted by atomic mass is 16.5. The third kappa shape index (κ3) is 5.81. The van der Waals surface area contributed by atoms with Crippen LogP contribution in [0.5, 0.6) is 5.75 Å². The van der Waals surface area contributed by atoms with Gasteiger partial charge in [0.25, 0.3) is 0 Å². The lowest BCUT2D eigenvalue weighted by atomic mass is 9.97. The Morgan fingerprint density at radius 2 is 1.75 bits per heavy atom. The quantitative estimate of drug-likeness (QED) is 0.459. The number of methoxy groups -OCH3 is 1. The van der Waals surface area contributed by atoms with Crippen LogP contribution < -0.4 is 4.74 Å². The van der Waals surface area contributed by atoms with Crippen molar-refractivity contribution < 1.29 is 4.74 Å². The Bertz CT molecular complexity index is 393. The molecule has 0 atom stereocenters. The van der Waals surface area contributed by atoms with Gasteiger partial charge < -0.3 is 4.74 Å². The van der Waals surface area contributed by atoms with Gasteiger partial charge in [0.15, 0.2) is 0 Å². The van der Waals surface area contributed by atoms with Gasteiger partial charge in [-0.25, -0.2) is 0 Å². The van der Waals surface area contributed by atoms with Gasteiger partial charge in [-0.2, -0.15) is 0 Å². The van der Waals surface area contributed by atoms with Crippen LogP contribution in [0, 0.1) is 0 Å². The molecule has 1 heteroatoms. The molecule has 0 bridgehead atoms. The Morgan fingerprint density at radius 1 is 1.00 bits per heavy atom. The van der Waals surface area contributed by atoms with E-state index in [1.807, 2.05) is 6.07 Å². The maximum atomic E-state index is 5.52. The molecule has 1 rings (SSSR count). The number of rotatable bonds is 10. The van der Waals surface area contributed by atoms with Gasteiger partial charge in [0.05, 0.1) is 7.11 Å². The van der Waals surface area contributed by atoms with Gasteiger partial charge in [-0.15, -0.1) is 0 Å². The van der Waals surface area contributed by atoms with E-state index in [9.17, 15) is 0 Å². The van der Waals surface area contributed by atoms with Crippen LogP contribution in [0.25, 0.3) is 5.57 Å². The van der Waals surface area contributed by atoms with Crippen LogP contribution in [-0.2, 0) is 0 Å². The van der Waals surface area contributed by atoms with E-state index in [2.05, 4.69) is 38.1 Å². The zero-order valence-corrected chi connectivity index (χ0v) is 13.5. The number of benzene rings is 1. The van der Waals surface area contributed by atoms with Crippen LogP contribution in [-0.4, -0.2) is 7.11 Å². The summed E-state index contributed by atoms with van der Waals surface area (Å²) >= 11 is 0. The van der Waals surface area contributed by atoms with Crippen molar-refractivity contribution in [3.05, 3.63) is 35.9 Å². The van der Waals surface area contributed by atoms with Crippen molar-refractivity contribution >= 4 is 5.57 Å². The first-order valence-electron chi connectivity index (χ1n) is 8.15. The molecule has 0 aliphatic carbocycles. The second-order valence-electron chi connectivity index (χ2n) is 5.38. The molecule has 0 fully saturated rings. The molecule has 20 heavy (non-hydrogen) atoms. The largest absolute Gasteiger partial charge is 0.496 e. The smallest absolute Gasteiger partial charge is 0.126 e. The van der Waals surface area contributed by atoms with Crippen molar-refractivity contribution in [2.75, 3.05) is 7.11 Å². The zero-order valence-electron chi connectivity index (χ0n) is 13.5. The van der Waals surface area contributed by atoms with Crippen LogP contribution in [0.2, 0.25) is 0 Å². The van der Waals surface area contributed by atoms with E-state index in [1.165, 1.54) is 62.5 Å². The lowest BCUT2D eigenvalue weighted by molar-refractivity contribution is 0.413. The molecule has 0 heterocycles. The second-order valence-corrected chi connectivity index (χ2v) is 5.38. The monoisotopic (exact) mass is 274 g/mol. The Labute approximate surface area is 125 Å². The summed E-state index contributed by atoms with van der Waals surface area (Å²) in [5.74, 6) is 1.01. The van der Waals surface area contributed by atoms with Crippen LogP contribution in [0.3, 0.4) is 0 Å². The fourth-order valence-electron chi connectivity index (χ4n) is 2.48. The summed E-state index contributed by atoms with van der Waals surface area (Å²) in [5, 5.41) is 0. The van der Waals surface area contributed by atoms with Crippen molar-refractivity contribution in [2.45, 2.75) is 65.2 Å². The van der Waals surface area contributed by atoms with E-state index in [-0.39, 0.29) is 0 Å². The van der Waals surface area contributed by atoms with Crippen LogP contribution in [0.4, 0.5) is 0 Å². The highest BCUT2D eigenvalue weighted by molar-refractivity contribution is 5.70. The Balaban J connectivity index is 2.77. The summed E-state index contributed by atoms with van der Waals surface area (Å²) in [6.45, 7) is 4.51. The summed E-state index contributed by atoms with van der Waals surface area (Å²) in [7, 11) is 1.76. The Kier molecular flexibility index (Phi) is 8.86. The summed E-state index contributed by atoms with van der Waals surface area (Å²) in [6, 6.07) is 8.41. The normalized spacial score (nSPS) is 11.7. The number of unbranched alkanes of at least 4 members (excludes halogenated alkanes) is 5. The number of ether oxygens (including phenoxy) is 1. The Hall–Kier alpha value is -1.24. The highest BCUT2D eigenvalue weighted by Gasteiger charge is 2.07. The number of para-hydroxylation sites is 1. The molecule has 1 nitrogen and oxygen atoms in total. The van der Waals surface area contributed by atoms with E-state index in [4.69, 9.17) is 4.74 Å². The maximum absolute atomic E-state index is 5.52. The first-order chi connectivity index (χ1) is 9.83. The van der Waals surface area contributed by atoms with Crippen molar-refractivity contribution in [2.24, 2.45) is 0 Å². The van der Waals surface area contributed by atoms with Gasteiger partial charge in [-0.1, -0.05) is 70.2 Å². The van der Waals surface area contributed by atoms with Gasteiger partial charge in [-0.05, 0) is 30.9 Å². The molecule has 0 spiro atoms. The van der Waals surface area contributed by atoms with Crippen LogP contribution in [0.1, 0.15) is 70.8 Å². The van der Waals surface area contributed by atoms with Crippen molar-refractivity contribution in [3.63, 3.8) is 0 Å². The van der Waals surface area contributed by atoms with Crippen molar-refractivity contribution in [1.82, 2.24) is 0 Å². The van der Waals surface area contributed by atoms with E-state index in [0.29, 0.717) is 0 Å². The highest BCUT2D eigenvalue weighted by Crippen LogP contribution is 2.30. The fraction of sp³-hybridized carbons (Fsp3) is 0.579. The third-order valence-electron chi connectivity index (χ3n) is 3.70. The van der Waals surface area contributed by atoms with Gasteiger partial charge in [-0.3, -0.25) is 0 Å². The molecule has 0 saturated heterocycles. The molecule has 0 aromatic heterocycles. The van der Waals surface area contributed by atoms with Crippen LogP contribution in [0.15, 0.2) is 30.3 Å². The lowest BCUT2D eigenvalue weighted by Crippen LogP contribution is -1.92. The summed E-state index contributed by atoms with van der Waals surface area (Å²) in [4.78, 5) is 0. The summed E-state index contributed by atoms with van der Waals surface area (Å²) in [5.41, 5.74) is 2.75. The average Bonchev–Trinajstić information content (AvgIpc) is 2.50.